The largest absolute Gasteiger partial charge is 0.465 e. The fourth-order valence-electron chi connectivity index (χ4n) is 3.47. The van der Waals surface area contributed by atoms with Crippen LogP contribution >= 0.6 is 0 Å². The molecular formula is C23H23NO4. The third-order valence-corrected chi connectivity index (χ3v) is 4.60. The lowest BCUT2D eigenvalue weighted by molar-refractivity contribution is 0.0546. The Kier molecular flexibility index (Phi) is 5.64. The highest BCUT2D eigenvalue weighted by molar-refractivity contribution is 6.11. The molecule has 0 N–H and O–H groups in total. The number of hydrogen-bond acceptors (Lipinski definition) is 4. The fourth-order valence-corrected chi connectivity index (χ4v) is 3.47. The summed E-state index contributed by atoms with van der Waals surface area (Å²) in [5, 5.41) is 0. The van der Waals surface area contributed by atoms with E-state index in [1.807, 2.05) is 79.1 Å². The van der Waals surface area contributed by atoms with Gasteiger partial charge in [-0.3, -0.25) is 0 Å². The van der Waals surface area contributed by atoms with Gasteiger partial charge in [-0.25, -0.2) is 9.59 Å². The highest BCUT2D eigenvalue weighted by atomic mass is 16.5. The number of methoxy groups -OCH3 is 2. The van der Waals surface area contributed by atoms with E-state index in [1.165, 1.54) is 14.2 Å². The van der Waals surface area contributed by atoms with Crippen molar-refractivity contribution in [3.8, 4) is 22.4 Å². The van der Waals surface area contributed by atoms with E-state index in [-0.39, 0.29) is 17.3 Å². The minimum absolute atomic E-state index is 0.0924. The molecule has 0 fully saturated rings. The first kappa shape index (κ1) is 19.4. The molecule has 2 aromatic carbocycles. The third kappa shape index (κ3) is 3.31. The minimum Gasteiger partial charge on any atom is -0.465 e. The van der Waals surface area contributed by atoms with Crippen LogP contribution in [0.15, 0.2) is 60.7 Å². The van der Waals surface area contributed by atoms with E-state index in [2.05, 4.69) is 0 Å². The molecule has 0 unspecified atom stereocenters. The summed E-state index contributed by atoms with van der Waals surface area (Å²) in [7, 11) is 2.62. The summed E-state index contributed by atoms with van der Waals surface area (Å²) >= 11 is 0. The molecule has 1 aromatic heterocycles. The van der Waals surface area contributed by atoms with E-state index >= 15 is 0 Å². The van der Waals surface area contributed by atoms with Gasteiger partial charge in [-0.15, -0.1) is 0 Å². The van der Waals surface area contributed by atoms with Crippen LogP contribution in [0.25, 0.3) is 22.4 Å². The van der Waals surface area contributed by atoms with Gasteiger partial charge in [0.05, 0.1) is 19.9 Å². The summed E-state index contributed by atoms with van der Waals surface area (Å²) in [4.78, 5) is 25.6. The number of carbonyl (C=O) groups excluding carboxylic acids is 2. The zero-order valence-electron chi connectivity index (χ0n) is 16.4. The van der Waals surface area contributed by atoms with Crippen molar-refractivity contribution >= 4 is 11.9 Å². The maximum atomic E-state index is 12.8. The predicted molar refractivity (Wildman–Crippen MR) is 108 cm³/mol. The molecule has 0 aliphatic carbocycles. The number of rotatable bonds is 5. The van der Waals surface area contributed by atoms with Crippen molar-refractivity contribution in [2.45, 2.75) is 19.9 Å². The highest BCUT2D eigenvalue weighted by Crippen LogP contribution is 2.41. The Morgan fingerprint density at radius 2 is 1.29 bits per heavy atom. The number of esters is 2. The molecule has 0 saturated heterocycles. The summed E-state index contributed by atoms with van der Waals surface area (Å²) in [6.45, 7) is 3.93. The van der Waals surface area contributed by atoms with E-state index in [4.69, 9.17) is 9.47 Å². The molecule has 1 heterocycles. The second kappa shape index (κ2) is 8.13. The number of benzene rings is 2. The molecule has 0 radical (unpaired) electrons. The quantitative estimate of drug-likeness (QED) is 0.589. The summed E-state index contributed by atoms with van der Waals surface area (Å²) in [5.74, 6) is -1.15. The van der Waals surface area contributed by atoms with Crippen LogP contribution in [0.1, 0.15) is 40.7 Å². The zero-order valence-corrected chi connectivity index (χ0v) is 16.4. The molecule has 0 bridgehead atoms. The SMILES string of the molecule is COC(=O)c1c(-c2ccccc2)c(-c2ccccc2)n(C(C)C)c1C(=O)OC. The van der Waals surface area contributed by atoms with Crippen LogP contribution in [0.4, 0.5) is 0 Å². The van der Waals surface area contributed by atoms with Gasteiger partial charge in [-0.05, 0) is 25.0 Å². The Bertz CT molecular complexity index is 988. The van der Waals surface area contributed by atoms with Crippen LogP contribution < -0.4 is 0 Å². The maximum absolute atomic E-state index is 12.8. The van der Waals surface area contributed by atoms with Gasteiger partial charge in [0, 0.05) is 11.6 Å². The monoisotopic (exact) mass is 377 g/mol. The van der Waals surface area contributed by atoms with E-state index < -0.39 is 11.9 Å². The number of nitrogens with zero attached hydrogens (tertiary/aromatic N) is 1. The Hall–Kier alpha value is -3.34. The number of ether oxygens (including phenoxy) is 2. The molecule has 0 spiro atoms. The first-order chi connectivity index (χ1) is 13.5. The first-order valence-corrected chi connectivity index (χ1v) is 9.06. The van der Waals surface area contributed by atoms with Gasteiger partial charge in [0.1, 0.15) is 11.3 Å². The Morgan fingerprint density at radius 3 is 1.75 bits per heavy atom. The second-order valence-electron chi connectivity index (χ2n) is 6.63. The van der Waals surface area contributed by atoms with E-state index in [0.29, 0.717) is 5.56 Å². The first-order valence-electron chi connectivity index (χ1n) is 9.06. The van der Waals surface area contributed by atoms with Gasteiger partial charge < -0.3 is 14.0 Å². The second-order valence-corrected chi connectivity index (χ2v) is 6.63. The van der Waals surface area contributed by atoms with Crippen LogP contribution in [-0.4, -0.2) is 30.7 Å². The Balaban J connectivity index is 2.54. The zero-order chi connectivity index (χ0) is 20.3. The highest BCUT2D eigenvalue weighted by Gasteiger charge is 2.34. The molecule has 0 atom stereocenters. The Labute approximate surface area is 164 Å². The predicted octanol–water partition coefficient (Wildman–Crippen LogP) is 4.98. The molecule has 0 aliphatic heterocycles. The van der Waals surface area contributed by atoms with E-state index in [1.54, 1.807) is 0 Å². The Morgan fingerprint density at radius 1 is 0.786 bits per heavy atom. The average Bonchev–Trinajstić information content (AvgIpc) is 3.10. The summed E-state index contributed by atoms with van der Waals surface area (Å²) in [6.07, 6.45) is 0. The van der Waals surface area contributed by atoms with Crippen LogP contribution in [0.2, 0.25) is 0 Å². The van der Waals surface area contributed by atoms with Crippen LogP contribution in [0.5, 0.6) is 0 Å². The lowest BCUT2D eigenvalue weighted by Crippen LogP contribution is -2.17. The molecule has 0 aliphatic rings. The molecule has 5 heteroatoms. The average molecular weight is 377 g/mol. The van der Waals surface area contributed by atoms with Gasteiger partial charge >= 0.3 is 11.9 Å². The lowest BCUT2D eigenvalue weighted by Gasteiger charge is -2.17. The van der Waals surface area contributed by atoms with Gasteiger partial charge in [0.25, 0.3) is 0 Å². The maximum Gasteiger partial charge on any atom is 0.355 e. The van der Waals surface area contributed by atoms with E-state index in [0.717, 1.165) is 16.8 Å². The molecule has 144 valence electrons. The molecule has 0 amide bonds. The standard InChI is InChI=1S/C23H23NO4/c1-15(2)24-20(17-13-9-6-10-14-17)18(16-11-7-5-8-12-16)19(22(25)27-3)21(24)23(26)28-4/h5-15H,1-4H3. The van der Waals surface area contributed by atoms with Crippen molar-refractivity contribution in [2.24, 2.45) is 0 Å². The fraction of sp³-hybridized carbons (Fsp3) is 0.217. The van der Waals surface area contributed by atoms with Crippen molar-refractivity contribution in [2.75, 3.05) is 14.2 Å². The smallest absolute Gasteiger partial charge is 0.355 e. The topological polar surface area (TPSA) is 57.5 Å². The van der Waals surface area contributed by atoms with Gasteiger partial charge in [-0.2, -0.15) is 0 Å². The lowest BCUT2D eigenvalue weighted by atomic mass is 9.97. The number of hydrogen-bond donors (Lipinski definition) is 0. The summed E-state index contributed by atoms with van der Waals surface area (Å²) < 4.78 is 11.9. The third-order valence-electron chi connectivity index (χ3n) is 4.60. The summed E-state index contributed by atoms with van der Waals surface area (Å²) in [5.41, 5.74) is 3.58. The molecule has 3 rings (SSSR count). The molecule has 0 saturated carbocycles. The molecule has 5 nitrogen and oxygen atoms in total. The van der Waals surface area contributed by atoms with Crippen molar-refractivity contribution in [1.29, 1.82) is 0 Å². The molecular weight excluding hydrogens is 354 g/mol. The van der Waals surface area contributed by atoms with Crippen molar-refractivity contribution in [1.82, 2.24) is 4.57 Å². The number of carbonyl (C=O) groups is 2. The van der Waals surface area contributed by atoms with Crippen LogP contribution in [0.3, 0.4) is 0 Å². The van der Waals surface area contributed by atoms with Gasteiger partial charge in [0.15, 0.2) is 0 Å². The molecule has 28 heavy (non-hydrogen) atoms. The van der Waals surface area contributed by atoms with E-state index in [9.17, 15) is 9.59 Å². The van der Waals surface area contributed by atoms with Crippen LogP contribution in [0, 0.1) is 0 Å². The van der Waals surface area contributed by atoms with Crippen LogP contribution in [-0.2, 0) is 9.47 Å². The summed E-state index contributed by atoms with van der Waals surface area (Å²) in [6, 6.07) is 19.2. The normalized spacial score (nSPS) is 10.8. The van der Waals surface area contributed by atoms with Crippen molar-refractivity contribution < 1.29 is 19.1 Å². The van der Waals surface area contributed by atoms with Gasteiger partial charge in [0.2, 0.25) is 0 Å². The number of aromatic nitrogens is 1. The minimum atomic E-state index is -0.575. The van der Waals surface area contributed by atoms with Gasteiger partial charge in [-0.1, -0.05) is 60.7 Å². The molecule has 3 aromatic rings. The van der Waals surface area contributed by atoms with Crippen molar-refractivity contribution in [3.63, 3.8) is 0 Å². The van der Waals surface area contributed by atoms with Crippen molar-refractivity contribution in [3.05, 3.63) is 71.9 Å².